The number of alkyl halides is 3. The van der Waals surface area contributed by atoms with Crippen LogP contribution in [0.2, 0.25) is 0 Å². The number of hydrogen-bond acceptors (Lipinski definition) is 4. The number of nitrogens with one attached hydrogen (secondary N) is 1. The Labute approximate surface area is 174 Å². The molecule has 1 aromatic rings. The monoisotopic (exact) mass is 426 g/mol. The van der Waals surface area contributed by atoms with Crippen LogP contribution in [-0.2, 0) is 22.2 Å². The number of allylic oxidation sites excluding steroid dienone is 1. The highest BCUT2D eigenvalue weighted by Gasteiger charge is 2.40. The summed E-state index contributed by atoms with van der Waals surface area (Å²) in [7, 11) is 0. The lowest BCUT2D eigenvalue weighted by atomic mass is 9.81. The molecule has 0 aliphatic carbocycles. The Morgan fingerprint density at radius 2 is 1.97 bits per heavy atom. The molecule has 0 spiro atoms. The number of carbonyl (C=O) groups is 2. The quantitative estimate of drug-likeness (QED) is 0.381. The third-order valence-corrected chi connectivity index (χ3v) is 5.58. The molecule has 0 radical (unpaired) electrons. The SMILES string of the molecule is CCN1CCC(O)(/C(C(=O)NCCCc2cccc(C(F)(F)F)c2)=C(/C)C=O)CC1. The highest BCUT2D eigenvalue weighted by molar-refractivity contribution is 6.00. The molecule has 30 heavy (non-hydrogen) atoms. The van der Waals surface area contributed by atoms with E-state index in [9.17, 15) is 27.9 Å². The van der Waals surface area contributed by atoms with Crippen molar-refractivity contribution in [3.63, 3.8) is 0 Å². The minimum atomic E-state index is -4.39. The first-order valence-electron chi connectivity index (χ1n) is 10.2. The summed E-state index contributed by atoms with van der Waals surface area (Å²) in [6.07, 6.45) is -2.30. The van der Waals surface area contributed by atoms with E-state index in [1.807, 2.05) is 6.92 Å². The summed E-state index contributed by atoms with van der Waals surface area (Å²) in [5.74, 6) is -0.504. The fourth-order valence-corrected chi connectivity index (χ4v) is 3.79. The van der Waals surface area contributed by atoms with Gasteiger partial charge in [0.1, 0.15) is 6.29 Å². The number of aryl methyl sites for hydroxylation is 1. The van der Waals surface area contributed by atoms with Crippen molar-refractivity contribution >= 4 is 12.2 Å². The van der Waals surface area contributed by atoms with E-state index in [4.69, 9.17) is 0 Å². The van der Waals surface area contributed by atoms with Crippen LogP contribution in [-0.4, -0.2) is 54.0 Å². The van der Waals surface area contributed by atoms with Gasteiger partial charge in [0.15, 0.2) is 0 Å². The van der Waals surface area contributed by atoms with Crippen molar-refractivity contribution in [1.82, 2.24) is 10.2 Å². The second kappa shape index (κ2) is 10.2. The maximum Gasteiger partial charge on any atom is 0.416 e. The van der Waals surface area contributed by atoms with Crippen molar-refractivity contribution in [2.24, 2.45) is 0 Å². The Hall–Kier alpha value is -2.19. The number of rotatable bonds is 8. The van der Waals surface area contributed by atoms with Crippen molar-refractivity contribution in [3.8, 4) is 0 Å². The fraction of sp³-hybridized carbons (Fsp3) is 0.545. The largest absolute Gasteiger partial charge is 0.416 e. The van der Waals surface area contributed by atoms with Gasteiger partial charge in [-0.3, -0.25) is 9.59 Å². The zero-order chi connectivity index (χ0) is 22.4. The number of nitrogens with zero attached hydrogens (tertiary/aromatic N) is 1. The molecule has 0 bridgehead atoms. The number of benzene rings is 1. The van der Waals surface area contributed by atoms with Crippen molar-refractivity contribution in [3.05, 3.63) is 46.5 Å². The van der Waals surface area contributed by atoms with Crippen LogP contribution >= 0.6 is 0 Å². The van der Waals surface area contributed by atoms with Crippen LogP contribution in [0.3, 0.4) is 0 Å². The number of piperidine rings is 1. The molecule has 0 atom stereocenters. The summed E-state index contributed by atoms with van der Waals surface area (Å²) in [6.45, 7) is 5.87. The highest BCUT2D eigenvalue weighted by atomic mass is 19.4. The summed E-state index contributed by atoms with van der Waals surface area (Å²) in [5.41, 5.74) is -1.24. The van der Waals surface area contributed by atoms with Crippen LogP contribution in [0.25, 0.3) is 0 Å². The first-order valence-corrected chi connectivity index (χ1v) is 10.2. The number of likely N-dealkylation sites (tertiary alicyclic amines) is 1. The Morgan fingerprint density at radius 1 is 1.30 bits per heavy atom. The number of carbonyl (C=O) groups excluding carboxylic acids is 2. The molecule has 5 nitrogen and oxygen atoms in total. The first-order chi connectivity index (χ1) is 14.1. The summed E-state index contributed by atoms with van der Waals surface area (Å²) in [5, 5.41) is 13.8. The Bertz CT molecular complexity index is 782. The molecule has 1 amide bonds. The van der Waals surface area contributed by atoms with Crippen molar-refractivity contribution < 1.29 is 27.9 Å². The summed E-state index contributed by atoms with van der Waals surface area (Å²) < 4.78 is 38.4. The zero-order valence-electron chi connectivity index (χ0n) is 17.4. The maximum absolute atomic E-state index is 12.8. The molecule has 0 aromatic heterocycles. The van der Waals surface area contributed by atoms with Crippen LogP contribution in [0, 0.1) is 0 Å². The predicted octanol–water partition coefficient (Wildman–Crippen LogP) is 3.12. The molecule has 0 unspecified atom stereocenters. The molecular formula is C22H29F3N2O3. The van der Waals surface area contributed by atoms with Gasteiger partial charge in [-0.1, -0.05) is 25.1 Å². The van der Waals surface area contributed by atoms with Gasteiger partial charge in [0.2, 0.25) is 0 Å². The van der Waals surface area contributed by atoms with Crippen molar-refractivity contribution in [1.29, 1.82) is 0 Å². The van der Waals surface area contributed by atoms with Gasteiger partial charge in [-0.05, 0) is 50.8 Å². The van der Waals surface area contributed by atoms with E-state index in [-0.39, 0.29) is 17.7 Å². The standard InChI is InChI=1S/C22H29F3N2O3/c1-3-27-12-9-21(30,10-13-27)19(16(2)15-28)20(29)26-11-5-7-17-6-4-8-18(14-17)22(23,24)25/h4,6,8,14-15,30H,3,5,7,9-13H2,1-2H3,(H,26,29)/b19-16-. The van der Waals surface area contributed by atoms with Gasteiger partial charge in [-0.15, -0.1) is 0 Å². The van der Waals surface area contributed by atoms with Gasteiger partial charge >= 0.3 is 6.18 Å². The highest BCUT2D eigenvalue weighted by Crippen LogP contribution is 2.32. The molecule has 2 rings (SSSR count). The normalized spacial score (nSPS) is 17.9. The minimum Gasteiger partial charge on any atom is -0.385 e. The van der Waals surface area contributed by atoms with Gasteiger partial charge < -0.3 is 15.3 Å². The van der Waals surface area contributed by atoms with Gasteiger partial charge in [0.05, 0.1) is 16.7 Å². The number of amides is 1. The Morgan fingerprint density at radius 3 is 2.53 bits per heavy atom. The van der Waals surface area contributed by atoms with E-state index in [0.29, 0.717) is 50.6 Å². The molecular weight excluding hydrogens is 397 g/mol. The third-order valence-electron chi connectivity index (χ3n) is 5.58. The lowest BCUT2D eigenvalue weighted by molar-refractivity contribution is -0.137. The second-order valence-electron chi connectivity index (χ2n) is 7.70. The molecule has 1 fully saturated rings. The predicted molar refractivity (Wildman–Crippen MR) is 108 cm³/mol. The molecule has 1 heterocycles. The van der Waals surface area contributed by atoms with Crippen LogP contribution in [0.5, 0.6) is 0 Å². The maximum atomic E-state index is 12.8. The van der Waals surface area contributed by atoms with E-state index < -0.39 is 23.2 Å². The van der Waals surface area contributed by atoms with Gasteiger partial charge in [0.25, 0.3) is 5.91 Å². The van der Waals surface area contributed by atoms with Crippen molar-refractivity contribution in [2.45, 2.75) is 51.3 Å². The zero-order valence-corrected chi connectivity index (χ0v) is 17.4. The van der Waals surface area contributed by atoms with Crippen LogP contribution in [0.4, 0.5) is 13.2 Å². The topological polar surface area (TPSA) is 69.6 Å². The minimum absolute atomic E-state index is 0.0901. The molecule has 0 saturated carbocycles. The fourth-order valence-electron chi connectivity index (χ4n) is 3.79. The van der Waals surface area contributed by atoms with Crippen LogP contribution in [0.1, 0.15) is 44.2 Å². The molecule has 166 valence electrons. The summed E-state index contributed by atoms with van der Waals surface area (Å²) in [4.78, 5) is 26.2. The smallest absolute Gasteiger partial charge is 0.385 e. The van der Waals surface area contributed by atoms with E-state index in [0.717, 1.165) is 18.7 Å². The van der Waals surface area contributed by atoms with Gasteiger partial charge in [0, 0.05) is 25.2 Å². The molecule has 2 N–H and O–H groups in total. The summed E-state index contributed by atoms with van der Waals surface area (Å²) >= 11 is 0. The Balaban J connectivity index is 1.97. The molecule has 1 saturated heterocycles. The Kier molecular flexibility index (Phi) is 8.20. The number of aldehydes is 1. The number of halogens is 3. The average molecular weight is 426 g/mol. The van der Waals surface area contributed by atoms with Gasteiger partial charge in [-0.2, -0.15) is 13.2 Å². The summed E-state index contributed by atoms with van der Waals surface area (Å²) in [6, 6.07) is 5.11. The van der Waals surface area contributed by atoms with E-state index in [1.54, 1.807) is 6.07 Å². The molecule has 8 heteroatoms. The molecule has 1 aromatic carbocycles. The van der Waals surface area contributed by atoms with Gasteiger partial charge in [-0.25, -0.2) is 0 Å². The van der Waals surface area contributed by atoms with Crippen LogP contribution in [0.15, 0.2) is 35.4 Å². The van der Waals surface area contributed by atoms with E-state index in [1.165, 1.54) is 13.0 Å². The lowest BCUT2D eigenvalue weighted by Crippen LogP contribution is -2.49. The van der Waals surface area contributed by atoms with Crippen LogP contribution < -0.4 is 5.32 Å². The number of aliphatic hydroxyl groups is 1. The second-order valence-corrected chi connectivity index (χ2v) is 7.70. The first kappa shape index (κ1) is 24.1. The molecule has 1 aliphatic heterocycles. The lowest BCUT2D eigenvalue weighted by Gasteiger charge is -2.39. The molecule has 1 aliphatic rings. The van der Waals surface area contributed by atoms with E-state index >= 15 is 0 Å². The third kappa shape index (κ3) is 6.15. The average Bonchev–Trinajstić information content (AvgIpc) is 2.71. The van der Waals surface area contributed by atoms with E-state index in [2.05, 4.69) is 10.2 Å². The van der Waals surface area contributed by atoms with Crippen molar-refractivity contribution in [2.75, 3.05) is 26.2 Å². The number of hydrogen-bond donors (Lipinski definition) is 2.